The van der Waals surface area contributed by atoms with Gasteiger partial charge in [0.15, 0.2) is 0 Å². The number of aliphatic hydroxyl groups is 1. The molecule has 0 bridgehead atoms. The molecule has 0 spiro atoms. The zero-order valence-corrected chi connectivity index (χ0v) is 12.1. The number of carbonyl (C=O) groups excluding carboxylic acids is 1. The Bertz CT molecular complexity index is 358. The Balaban J connectivity index is 2.25. The SMILES string of the molecule is CCCc1nnsc1C(=O)NCCSCCCO. The molecule has 0 fully saturated rings. The van der Waals surface area contributed by atoms with Gasteiger partial charge in [0.25, 0.3) is 5.91 Å². The maximum Gasteiger partial charge on any atom is 0.264 e. The van der Waals surface area contributed by atoms with Crippen molar-refractivity contribution in [2.24, 2.45) is 0 Å². The standard InChI is InChI=1S/C11H19N3O2S2/c1-2-4-9-10(18-14-13-9)11(16)12-5-8-17-7-3-6-15/h15H,2-8H2,1H3,(H,12,16). The number of nitrogens with one attached hydrogen (secondary N) is 1. The van der Waals surface area contributed by atoms with E-state index in [-0.39, 0.29) is 12.5 Å². The second kappa shape index (κ2) is 9.29. The molecule has 1 amide bonds. The third-order valence-corrected chi connectivity index (χ3v) is 4.06. The number of nitrogens with zero attached hydrogens (tertiary/aromatic N) is 2. The number of aryl methyl sites for hydroxylation is 1. The van der Waals surface area contributed by atoms with Gasteiger partial charge in [0, 0.05) is 18.9 Å². The molecule has 1 rings (SSSR count). The predicted octanol–water partition coefficient (Wildman–Crippen LogP) is 1.34. The topological polar surface area (TPSA) is 75.1 Å². The van der Waals surface area contributed by atoms with Crippen molar-refractivity contribution < 1.29 is 9.90 Å². The Morgan fingerprint density at radius 3 is 3.06 bits per heavy atom. The van der Waals surface area contributed by atoms with E-state index >= 15 is 0 Å². The van der Waals surface area contributed by atoms with Gasteiger partial charge in [0.1, 0.15) is 4.88 Å². The van der Waals surface area contributed by atoms with E-state index in [0.717, 1.165) is 48.0 Å². The van der Waals surface area contributed by atoms with Gasteiger partial charge < -0.3 is 10.4 Å². The highest BCUT2D eigenvalue weighted by Crippen LogP contribution is 2.12. The normalized spacial score (nSPS) is 10.6. The Morgan fingerprint density at radius 2 is 2.33 bits per heavy atom. The Labute approximate surface area is 116 Å². The summed E-state index contributed by atoms with van der Waals surface area (Å²) in [7, 11) is 0. The average molecular weight is 289 g/mol. The van der Waals surface area contributed by atoms with Crippen LogP contribution in [0.5, 0.6) is 0 Å². The van der Waals surface area contributed by atoms with E-state index < -0.39 is 0 Å². The van der Waals surface area contributed by atoms with Crippen LogP contribution in [0.15, 0.2) is 0 Å². The molecular formula is C11H19N3O2S2. The monoisotopic (exact) mass is 289 g/mol. The lowest BCUT2D eigenvalue weighted by Crippen LogP contribution is -2.26. The van der Waals surface area contributed by atoms with Crippen LogP contribution in [-0.2, 0) is 6.42 Å². The molecule has 7 heteroatoms. The third kappa shape index (κ3) is 5.32. The minimum atomic E-state index is -0.0730. The quantitative estimate of drug-likeness (QED) is 0.671. The third-order valence-electron chi connectivity index (χ3n) is 2.23. The molecule has 0 atom stereocenters. The van der Waals surface area contributed by atoms with Gasteiger partial charge in [-0.3, -0.25) is 4.79 Å². The molecule has 1 heterocycles. The zero-order valence-electron chi connectivity index (χ0n) is 10.5. The second-order valence-electron chi connectivity index (χ2n) is 3.74. The van der Waals surface area contributed by atoms with Crippen LogP contribution in [0.2, 0.25) is 0 Å². The summed E-state index contributed by atoms with van der Waals surface area (Å²) in [6, 6.07) is 0. The minimum absolute atomic E-state index is 0.0730. The molecule has 18 heavy (non-hydrogen) atoms. The van der Waals surface area contributed by atoms with Gasteiger partial charge in [0.05, 0.1) is 5.69 Å². The van der Waals surface area contributed by atoms with Crippen LogP contribution in [0.3, 0.4) is 0 Å². The molecule has 0 saturated heterocycles. The first kappa shape index (κ1) is 15.4. The van der Waals surface area contributed by atoms with Crippen molar-refractivity contribution in [2.45, 2.75) is 26.2 Å². The molecule has 1 aromatic heterocycles. The molecule has 0 aliphatic rings. The number of thioether (sulfide) groups is 1. The number of rotatable bonds is 9. The van der Waals surface area contributed by atoms with Crippen LogP contribution in [0.4, 0.5) is 0 Å². The van der Waals surface area contributed by atoms with Gasteiger partial charge >= 0.3 is 0 Å². The Hall–Kier alpha value is -0.660. The molecule has 0 aliphatic heterocycles. The summed E-state index contributed by atoms with van der Waals surface area (Å²) in [5.41, 5.74) is 0.799. The number of carbonyl (C=O) groups is 1. The highest BCUT2D eigenvalue weighted by Gasteiger charge is 2.14. The van der Waals surface area contributed by atoms with Crippen LogP contribution in [-0.4, -0.2) is 45.3 Å². The first-order valence-corrected chi connectivity index (χ1v) is 8.00. The fourth-order valence-electron chi connectivity index (χ4n) is 1.37. The van der Waals surface area contributed by atoms with Crippen molar-refractivity contribution in [1.29, 1.82) is 0 Å². The first-order chi connectivity index (χ1) is 8.79. The maximum absolute atomic E-state index is 11.9. The summed E-state index contributed by atoms with van der Waals surface area (Å²) in [4.78, 5) is 12.5. The smallest absolute Gasteiger partial charge is 0.264 e. The lowest BCUT2D eigenvalue weighted by molar-refractivity contribution is 0.0959. The number of aliphatic hydroxyl groups excluding tert-OH is 1. The fourth-order valence-corrected chi connectivity index (χ4v) is 2.78. The van der Waals surface area contributed by atoms with Crippen LogP contribution in [0.25, 0.3) is 0 Å². The van der Waals surface area contributed by atoms with Gasteiger partial charge in [0.2, 0.25) is 0 Å². The van der Waals surface area contributed by atoms with Crippen molar-refractivity contribution in [2.75, 3.05) is 24.7 Å². The minimum Gasteiger partial charge on any atom is -0.396 e. The van der Waals surface area contributed by atoms with E-state index in [4.69, 9.17) is 5.11 Å². The van der Waals surface area contributed by atoms with E-state index in [2.05, 4.69) is 21.8 Å². The Kier molecular flexibility index (Phi) is 7.95. The summed E-state index contributed by atoms with van der Waals surface area (Å²) >= 11 is 2.89. The van der Waals surface area contributed by atoms with Crippen molar-refractivity contribution in [3.05, 3.63) is 10.6 Å². The highest BCUT2D eigenvalue weighted by atomic mass is 32.2. The molecule has 0 saturated carbocycles. The summed E-state index contributed by atoms with van der Waals surface area (Å²) in [5.74, 6) is 1.72. The average Bonchev–Trinajstić information content (AvgIpc) is 2.82. The fraction of sp³-hybridized carbons (Fsp3) is 0.727. The van der Waals surface area contributed by atoms with Gasteiger partial charge in [-0.2, -0.15) is 11.8 Å². The van der Waals surface area contributed by atoms with Crippen LogP contribution in [0, 0.1) is 0 Å². The van der Waals surface area contributed by atoms with Crippen LogP contribution in [0.1, 0.15) is 35.1 Å². The number of amides is 1. The highest BCUT2D eigenvalue weighted by molar-refractivity contribution is 7.99. The largest absolute Gasteiger partial charge is 0.396 e. The molecule has 2 N–H and O–H groups in total. The van der Waals surface area contributed by atoms with Gasteiger partial charge in [-0.05, 0) is 30.1 Å². The lowest BCUT2D eigenvalue weighted by Gasteiger charge is -2.04. The summed E-state index contributed by atoms with van der Waals surface area (Å²) < 4.78 is 3.83. The van der Waals surface area contributed by atoms with Gasteiger partial charge in [-0.1, -0.05) is 17.8 Å². The molecule has 102 valence electrons. The maximum atomic E-state index is 11.9. The van der Waals surface area contributed by atoms with E-state index in [0.29, 0.717) is 11.4 Å². The predicted molar refractivity (Wildman–Crippen MR) is 75.3 cm³/mol. The van der Waals surface area contributed by atoms with E-state index in [1.54, 1.807) is 11.8 Å². The molecule has 0 aliphatic carbocycles. The van der Waals surface area contributed by atoms with Crippen LogP contribution >= 0.6 is 23.3 Å². The van der Waals surface area contributed by atoms with E-state index in [9.17, 15) is 4.79 Å². The van der Waals surface area contributed by atoms with Crippen molar-refractivity contribution in [1.82, 2.24) is 14.9 Å². The number of hydrogen-bond donors (Lipinski definition) is 2. The van der Waals surface area contributed by atoms with E-state index in [1.807, 2.05) is 0 Å². The van der Waals surface area contributed by atoms with Crippen molar-refractivity contribution in [3.63, 3.8) is 0 Å². The molecule has 1 aromatic rings. The van der Waals surface area contributed by atoms with Crippen molar-refractivity contribution in [3.8, 4) is 0 Å². The number of aromatic nitrogens is 2. The Morgan fingerprint density at radius 1 is 1.50 bits per heavy atom. The summed E-state index contributed by atoms with van der Waals surface area (Å²) in [5, 5.41) is 15.5. The molecule has 0 aromatic carbocycles. The van der Waals surface area contributed by atoms with E-state index in [1.165, 1.54) is 0 Å². The number of hydrogen-bond acceptors (Lipinski definition) is 6. The van der Waals surface area contributed by atoms with Gasteiger partial charge in [-0.15, -0.1) is 5.10 Å². The van der Waals surface area contributed by atoms with Crippen molar-refractivity contribution >= 4 is 29.2 Å². The zero-order chi connectivity index (χ0) is 13.2. The molecular weight excluding hydrogens is 270 g/mol. The molecule has 0 unspecified atom stereocenters. The lowest BCUT2D eigenvalue weighted by atomic mass is 10.2. The van der Waals surface area contributed by atoms with Crippen LogP contribution < -0.4 is 5.32 Å². The molecule has 5 nitrogen and oxygen atoms in total. The first-order valence-electron chi connectivity index (χ1n) is 6.07. The summed E-state index contributed by atoms with van der Waals surface area (Å²) in [6.07, 6.45) is 2.56. The second-order valence-corrected chi connectivity index (χ2v) is 5.72. The van der Waals surface area contributed by atoms with Gasteiger partial charge in [-0.25, -0.2) is 0 Å². The summed E-state index contributed by atoms with van der Waals surface area (Å²) in [6.45, 7) is 2.92. The molecule has 0 radical (unpaired) electrons.